The number of ether oxygens (including phenoxy) is 1. The van der Waals surface area contributed by atoms with Crippen LogP contribution in [0.4, 0.5) is 0 Å². The molecular formula is C35H37ClN2O3S. The molecule has 4 rings (SSSR count). The SMILES string of the molecule is CC(C)(C)OC(=O)c1ccc(CCNC(=O)[C@@H](N)CSC(c2ccccc2)(c2ccccc2)c2ccccc2)c(Cl)c1. The molecule has 0 unspecified atom stereocenters. The summed E-state index contributed by atoms with van der Waals surface area (Å²) < 4.78 is 4.87. The summed E-state index contributed by atoms with van der Waals surface area (Å²) in [5.41, 5.74) is 10.4. The molecular weight excluding hydrogens is 564 g/mol. The van der Waals surface area contributed by atoms with Crippen molar-refractivity contribution in [3.05, 3.63) is 142 Å². The third kappa shape index (κ3) is 7.82. The molecule has 0 aliphatic rings. The Morgan fingerprint density at radius 2 is 1.33 bits per heavy atom. The van der Waals surface area contributed by atoms with Gasteiger partial charge in [0.15, 0.2) is 0 Å². The largest absolute Gasteiger partial charge is 0.456 e. The number of amides is 1. The zero-order chi connectivity index (χ0) is 30.2. The predicted octanol–water partition coefficient (Wildman–Crippen LogP) is 7.01. The fourth-order valence-electron chi connectivity index (χ4n) is 4.72. The number of esters is 1. The molecule has 1 amide bonds. The van der Waals surface area contributed by atoms with Crippen LogP contribution in [-0.4, -0.2) is 35.8 Å². The highest BCUT2D eigenvalue weighted by atomic mass is 35.5. The Balaban J connectivity index is 1.44. The molecule has 42 heavy (non-hydrogen) atoms. The third-order valence-corrected chi connectivity index (χ3v) is 8.76. The summed E-state index contributed by atoms with van der Waals surface area (Å²) in [6.45, 7) is 5.82. The van der Waals surface area contributed by atoms with Crippen LogP contribution in [-0.2, 0) is 20.7 Å². The fraction of sp³-hybridized carbons (Fsp3) is 0.257. The second kappa shape index (κ2) is 14.1. The van der Waals surface area contributed by atoms with Crippen LogP contribution in [0.5, 0.6) is 0 Å². The van der Waals surface area contributed by atoms with E-state index < -0.39 is 22.4 Å². The van der Waals surface area contributed by atoms with Crippen LogP contribution in [0.2, 0.25) is 5.02 Å². The molecule has 3 N–H and O–H groups in total. The van der Waals surface area contributed by atoms with E-state index in [0.717, 1.165) is 22.3 Å². The molecule has 0 spiro atoms. The molecule has 0 radical (unpaired) electrons. The summed E-state index contributed by atoms with van der Waals surface area (Å²) >= 11 is 8.10. The van der Waals surface area contributed by atoms with Crippen LogP contribution in [0.3, 0.4) is 0 Å². The second-order valence-corrected chi connectivity index (χ2v) is 12.7. The van der Waals surface area contributed by atoms with E-state index in [9.17, 15) is 9.59 Å². The summed E-state index contributed by atoms with van der Waals surface area (Å²) in [5.74, 6) is -0.257. The number of thioether (sulfide) groups is 1. The van der Waals surface area contributed by atoms with Gasteiger partial charge in [-0.3, -0.25) is 4.79 Å². The molecule has 218 valence electrons. The van der Waals surface area contributed by atoms with Crippen molar-refractivity contribution in [2.45, 2.75) is 43.6 Å². The average molecular weight is 601 g/mol. The minimum Gasteiger partial charge on any atom is -0.456 e. The Kier molecular flexibility index (Phi) is 10.5. The van der Waals surface area contributed by atoms with Gasteiger partial charge >= 0.3 is 5.97 Å². The van der Waals surface area contributed by atoms with Crippen molar-refractivity contribution in [2.75, 3.05) is 12.3 Å². The van der Waals surface area contributed by atoms with E-state index in [-0.39, 0.29) is 5.91 Å². The monoisotopic (exact) mass is 600 g/mol. The van der Waals surface area contributed by atoms with E-state index in [4.69, 9.17) is 22.1 Å². The first-order valence-electron chi connectivity index (χ1n) is 14.0. The number of halogens is 1. The van der Waals surface area contributed by atoms with Gasteiger partial charge in [-0.2, -0.15) is 0 Å². The molecule has 0 aliphatic heterocycles. The van der Waals surface area contributed by atoms with Gasteiger partial charge in [-0.25, -0.2) is 4.79 Å². The summed E-state index contributed by atoms with van der Waals surface area (Å²) in [4.78, 5) is 25.4. The highest BCUT2D eigenvalue weighted by Gasteiger charge is 2.37. The van der Waals surface area contributed by atoms with Crippen LogP contribution in [0, 0.1) is 0 Å². The number of hydrogen-bond donors (Lipinski definition) is 2. The van der Waals surface area contributed by atoms with Gasteiger partial charge in [-0.1, -0.05) is 109 Å². The van der Waals surface area contributed by atoms with Crippen LogP contribution >= 0.6 is 23.4 Å². The maximum atomic E-state index is 13.1. The second-order valence-electron chi connectivity index (χ2n) is 11.0. The molecule has 5 nitrogen and oxygen atoms in total. The van der Waals surface area contributed by atoms with Gasteiger partial charge in [0.2, 0.25) is 5.91 Å². The van der Waals surface area contributed by atoms with Crippen LogP contribution in [0.25, 0.3) is 0 Å². The highest BCUT2D eigenvalue weighted by molar-refractivity contribution is 8.00. The molecule has 0 fully saturated rings. The van der Waals surface area contributed by atoms with E-state index >= 15 is 0 Å². The quantitative estimate of drug-likeness (QED) is 0.143. The maximum Gasteiger partial charge on any atom is 0.338 e. The zero-order valence-corrected chi connectivity index (χ0v) is 25.8. The molecule has 4 aromatic carbocycles. The molecule has 0 saturated carbocycles. The van der Waals surface area contributed by atoms with E-state index in [1.54, 1.807) is 30.0 Å². The molecule has 7 heteroatoms. The van der Waals surface area contributed by atoms with E-state index in [2.05, 4.69) is 41.7 Å². The van der Waals surface area contributed by atoms with Crippen LogP contribution < -0.4 is 11.1 Å². The van der Waals surface area contributed by atoms with Gasteiger partial charge < -0.3 is 15.8 Å². The lowest BCUT2D eigenvalue weighted by Gasteiger charge is -2.36. The standard InChI is InChI=1S/C35H37ClN2O3S/c1-34(2,3)41-33(40)26-20-19-25(30(36)23-26)21-22-38-32(39)31(37)24-42-35(27-13-7-4-8-14-27,28-15-9-5-10-16-28)29-17-11-6-12-18-29/h4-20,23,31H,21-22,24,37H2,1-3H3,(H,38,39)/t31-/m0/s1. The highest BCUT2D eigenvalue weighted by Crippen LogP contribution is 2.48. The maximum absolute atomic E-state index is 13.1. The molecule has 0 heterocycles. The Morgan fingerprint density at radius 3 is 1.79 bits per heavy atom. The molecule has 0 saturated heterocycles. The molecule has 0 aliphatic carbocycles. The Hall–Kier alpha value is -3.58. The first kappa shape index (κ1) is 31.4. The number of nitrogens with one attached hydrogen (secondary N) is 1. The molecule has 1 atom stereocenters. The van der Waals surface area contributed by atoms with Crippen molar-refractivity contribution < 1.29 is 14.3 Å². The van der Waals surface area contributed by atoms with E-state index in [0.29, 0.717) is 29.3 Å². The van der Waals surface area contributed by atoms with E-state index in [1.165, 1.54) is 0 Å². The van der Waals surface area contributed by atoms with Crippen LogP contribution in [0.1, 0.15) is 53.4 Å². The van der Waals surface area contributed by atoms with Crippen molar-refractivity contribution >= 4 is 35.2 Å². The molecule has 4 aromatic rings. The first-order chi connectivity index (χ1) is 20.1. The van der Waals surface area contributed by atoms with Gasteiger partial charge in [0.05, 0.1) is 16.4 Å². The zero-order valence-electron chi connectivity index (χ0n) is 24.2. The fourth-order valence-corrected chi connectivity index (χ4v) is 6.49. The smallest absolute Gasteiger partial charge is 0.338 e. The Morgan fingerprint density at radius 1 is 0.833 bits per heavy atom. The lowest BCUT2D eigenvalue weighted by atomic mass is 9.84. The summed E-state index contributed by atoms with van der Waals surface area (Å²) in [6.07, 6.45) is 0.501. The van der Waals surface area contributed by atoms with Crippen molar-refractivity contribution in [2.24, 2.45) is 5.73 Å². The average Bonchev–Trinajstić information content (AvgIpc) is 2.99. The normalized spacial score (nSPS) is 12.4. The number of rotatable bonds is 11. The van der Waals surface area contributed by atoms with Crippen molar-refractivity contribution in [3.8, 4) is 0 Å². The lowest BCUT2D eigenvalue weighted by Crippen LogP contribution is -2.44. The van der Waals surface area contributed by atoms with Gasteiger partial charge in [0.1, 0.15) is 5.60 Å². The topological polar surface area (TPSA) is 81.4 Å². The van der Waals surface area contributed by atoms with E-state index in [1.807, 2.05) is 75.4 Å². The summed E-state index contributed by atoms with van der Waals surface area (Å²) in [7, 11) is 0. The number of carbonyl (C=O) groups excluding carboxylic acids is 2. The number of carbonyl (C=O) groups is 2. The number of benzene rings is 4. The lowest BCUT2D eigenvalue weighted by molar-refractivity contribution is -0.121. The van der Waals surface area contributed by atoms with Crippen molar-refractivity contribution in [3.63, 3.8) is 0 Å². The molecule has 0 bridgehead atoms. The summed E-state index contributed by atoms with van der Waals surface area (Å²) in [5, 5.41) is 3.40. The summed E-state index contributed by atoms with van der Waals surface area (Å²) in [6, 6.07) is 35.3. The first-order valence-corrected chi connectivity index (χ1v) is 15.3. The van der Waals surface area contributed by atoms with Crippen LogP contribution in [0.15, 0.2) is 109 Å². The van der Waals surface area contributed by atoms with Crippen molar-refractivity contribution in [1.82, 2.24) is 5.32 Å². The van der Waals surface area contributed by atoms with Crippen molar-refractivity contribution in [1.29, 1.82) is 0 Å². The van der Waals surface area contributed by atoms with Gasteiger partial charge in [0, 0.05) is 17.3 Å². The number of hydrogen-bond acceptors (Lipinski definition) is 5. The van der Waals surface area contributed by atoms with Gasteiger partial charge in [-0.05, 0) is 61.6 Å². The Bertz CT molecular complexity index is 1380. The predicted molar refractivity (Wildman–Crippen MR) is 173 cm³/mol. The number of nitrogens with two attached hydrogens (primary N) is 1. The van der Waals surface area contributed by atoms with Gasteiger partial charge in [0.25, 0.3) is 0 Å². The molecule has 0 aromatic heterocycles. The Labute approximate surface area is 257 Å². The minimum atomic E-state index is -0.726. The third-order valence-electron chi connectivity index (χ3n) is 6.74. The minimum absolute atomic E-state index is 0.230. The van der Waals surface area contributed by atoms with Gasteiger partial charge in [-0.15, -0.1) is 11.8 Å².